The van der Waals surface area contributed by atoms with E-state index >= 15 is 0 Å². The zero-order valence-electron chi connectivity index (χ0n) is 8.69. The quantitative estimate of drug-likeness (QED) is 0.271. The molecule has 1 aromatic heterocycles. The predicted octanol–water partition coefficient (Wildman–Crippen LogP) is -2.12. The second-order valence-corrected chi connectivity index (χ2v) is 2.98. The van der Waals surface area contributed by atoms with Gasteiger partial charge in [0.05, 0.1) is 10.4 Å². The molecule has 0 radical (unpaired) electrons. The van der Waals surface area contributed by atoms with Crippen LogP contribution >= 0.6 is 0 Å². The van der Waals surface area contributed by atoms with Crippen molar-refractivity contribution in [2.45, 2.75) is 0 Å². The third-order valence-electron chi connectivity index (χ3n) is 2.02. The second-order valence-electron chi connectivity index (χ2n) is 2.98. The van der Waals surface area contributed by atoms with Gasteiger partial charge >= 0.3 is 35.5 Å². The monoisotopic (exact) mass is 246 g/mol. The van der Waals surface area contributed by atoms with E-state index in [0.717, 1.165) is 6.07 Å². The average molecular weight is 246 g/mol. The zero-order valence-corrected chi connectivity index (χ0v) is 10.7. The molecule has 1 heterocycles. The average Bonchev–Trinajstić information content (AvgIpc) is 2.56. The maximum absolute atomic E-state index is 10.6. The molecule has 0 amide bonds. The van der Waals surface area contributed by atoms with E-state index in [2.05, 4.69) is 4.98 Å². The molecule has 2 N–H and O–H groups in total. The van der Waals surface area contributed by atoms with Crippen molar-refractivity contribution in [2.75, 3.05) is 0 Å². The Bertz CT molecular complexity index is 608. The number of hydrogen-bond acceptors (Lipinski definition) is 5. The summed E-state index contributed by atoms with van der Waals surface area (Å²) >= 11 is 0. The Morgan fingerprint density at radius 2 is 2.12 bits per heavy atom. The van der Waals surface area contributed by atoms with Crippen LogP contribution in [0.2, 0.25) is 0 Å². The van der Waals surface area contributed by atoms with Crippen LogP contribution in [0.15, 0.2) is 18.2 Å². The van der Waals surface area contributed by atoms with Crippen molar-refractivity contribution in [3.63, 3.8) is 0 Å². The Labute approximate surface area is 116 Å². The van der Waals surface area contributed by atoms with Gasteiger partial charge in [0, 0.05) is 12.1 Å². The number of nitro groups is 1. The van der Waals surface area contributed by atoms with Crippen LogP contribution in [-0.2, 0) is 0 Å². The zero-order chi connectivity index (χ0) is 11.9. The number of carboxylic acid groups (broad SMARTS) is 1. The molecule has 0 aliphatic rings. The Balaban J connectivity index is 0.00000144. The van der Waals surface area contributed by atoms with Gasteiger partial charge in [0.1, 0.15) is 5.52 Å². The molecule has 0 spiro atoms. The maximum Gasteiger partial charge on any atom is 1.00 e. The van der Waals surface area contributed by atoms with Gasteiger partial charge in [0.2, 0.25) is 0 Å². The van der Waals surface area contributed by atoms with Crippen LogP contribution in [-0.4, -0.2) is 30.9 Å². The van der Waals surface area contributed by atoms with Crippen molar-refractivity contribution in [2.24, 2.45) is 0 Å². The van der Waals surface area contributed by atoms with Gasteiger partial charge in [-0.05, 0) is 6.07 Å². The number of fused-ring (bicyclic) bond motifs is 1. The number of imidazole rings is 1. The molecule has 2 rings (SSSR count). The molecule has 9 heteroatoms. The molecule has 1 aromatic carbocycles. The van der Waals surface area contributed by atoms with Gasteiger partial charge < -0.3 is 10.3 Å². The normalized spacial score (nSPS) is 9.88. The van der Waals surface area contributed by atoms with E-state index in [9.17, 15) is 20.1 Å². The maximum atomic E-state index is 10.6. The molecular weight excluding hydrogens is 241 g/mol. The Morgan fingerprint density at radius 3 is 2.65 bits per heavy atom. The van der Waals surface area contributed by atoms with Crippen molar-refractivity contribution < 1.29 is 49.6 Å². The largest absolute Gasteiger partial charge is 1.00 e. The van der Waals surface area contributed by atoms with E-state index in [-0.39, 0.29) is 46.3 Å². The SMILES string of the molecule is O=C(O)c1nc2ccc([N+](=O)[O-])cc2n1O.[Na+]. The fraction of sp³-hybridized carbons (Fsp3) is 0. The third-order valence-corrected chi connectivity index (χ3v) is 2.02. The van der Waals surface area contributed by atoms with E-state index in [1.807, 2.05) is 0 Å². The van der Waals surface area contributed by atoms with Crippen molar-refractivity contribution in [3.8, 4) is 0 Å². The second kappa shape index (κ2) is 4.70. The van der Waals surface area contributed by atoms with E-state index in [0.29, 0.717) is 4.73 Å². The summed E-state index contributed by atoms with van der Waals surface area (Å²) in [6.07, 6.45) is 0. The smallest absolute Gasteiger partial charge is 0.475 e. The number of aromatic carboxylic acids is 1. The summed E-state index contributed by atoms with van der Waals surface area (Å²) in [5.41, 5.74) is -0.100. The van der Waals surface area contributed by atoms with Gasteiger partial charge in [0.25, 0.3) is 11.5 Å². The summed E-state index contributed by atoms with van der Waals surface area (Å²) in [5, 5.41) is 28.6. The van der Waals surface area contributed by atoms with Crippen LogP contribution in [0.5, 0.6) is 0 Å². The molecule has 0 aliphatic carbocycles. The van der Waals surface area contributed by atoms with Gasteiger partial charge in [-0.15, -0.1) is 0 Å². The van der Waals surface area contributed by atoms with Crippen LogP contribution in [0.4, 0.5) is 5.69 Å². The van der Waals surface area contributed by atoms with Crippen molar-refractivity contribution in [3.05, 3.63) is 34.1 Å². The molecule has 0 atom stereocenters. The van der Waals surface area contributed by atoms with E-state index < -0.39 is 16.7 Å². The van der Waals surface area contributed by atoms with Crippen LogP contribution in [0.25, 0.3) is 11.0 Å². The molecule has 82 valence electrons. The first-order valence-electron chi connectivity index (χ1n) is 4.10. The van der Waals surface area contributed by atoms with E-state index in [4.69, 9.17) is 5.11 Å². The van der Waals surface area contributed by atoms with E-state index in [1.54, 1.807) is 0 Å². The van der Waals surface area contributed by atoms with Crippen LogP contribution in [0.1, 0.15) is 10.6 Å². The number of aromatic nitrogens is 2. The minimum atomic E-state index is -1.42. The van der Waals surface area contributed by atoms with Gasteiger partial charge in [-0.3, -0.25) is 10.1 Å². The molecule has 0 bridgehead atoms. The first-order valence-corrected chi connectivity index (χ1v) is 4.10. The summed E-state index contributed by atoms with van der Waals surface area (Å²) in [6.45, 7) is 0. The summed E-state index contributed by atoms with van der Waals surface area (Å²) in [7, 11) is 0. The number of carboxylic acids is 1. The summed E-state index contributed by atoms with van der Waals surface area (Å²) in [5.74, 6) is -2.00. The van der Waals surface area contributed by atoms with Crippen LogP contribution < -0.4 is 29.6 Å². The Morgan fingerprint density at radius 1 is 1.47 bits per heavy atom. The summed E-state index contributed by atoms with van der Waals surface area (Å²) in [6, 6.07) is 3.50. The summed E-state index contributed by atoms with van der Waals surface area (Å²) in [4.78, 5) is 24.1. The minimum Gasteiger partial charge on any atom is -0.475 e. The number of rotatable bonds is 2. The van der Waals surface area contributed by atoms with Crippen molar-refractivity contribution in [1.29, 1.82) is 0 Å². The molecule has 2 aromatic rings. The van der Waals surface area contributed by atoms with Gasteiger partial charge in [-0.2, -0.15) is 4.73 Å². The molecule has 0 saturated heterocycles. The Hall–Kier alpha value is -1.64. The van der Waals surface area contributed by atoms with Crippen molar-refractivity contribution in [1.82, 2.24) is 9.71 Å². The standard InChI is InChI=1S/C8H5N3O5.Na/c12-8(13)7-9-5-2-1-4(11(15)16)3-6(5)10(7)14;/h1-3,14H,(H,12,13);/q;+1. The molecule has 0 unspecified atom stereocenters. The first-order chi connectivity index (χ1) is 7.50. The van der Waals surface area contributed by atoms with E-state index in [1.165, 1.54) is 12.1 Å². The molecule has 0 fully saturated rings. The third kappa shape index (κ3) is 2.23. The number of nitro benzene ring substituents is 1. The van der Waals surface area contributed by atoms with Gasteiger partial charge in [-0.1, -0.05) is 0 Å². The van der Waals surface area contributed by atoms with Crippen LogP contribution in [0, 0.1) is 10.1 Å². The fourth-order valence-electron chi connectivity index (χ4n) is 1.30. The number of non-ortho nitro benzene ring substituents is 1. The molecule has 0 aliphatic heterocycles. The number of benzene rings is 1. The van der Waals surface area contributed by atoms with Crippen molar-refractivity contribution >= 4 is 22.7 Å². The number of hydrogen-bond donors (Lipinski definition) is 2. The topological polar surface area (TPSA) is 118 Å². The summed E-state index contributed by atoms with van der Waals surface area (Å²) < 4.78 is 0.310. The fourth-order valence-corrected chi connectivity index (χ4v) is 1.30. The molecule has 17 heavy (non-hydrogen) atoms. The molecule has 8 nitrogen and oxygen atoms in total. The minimum absolute atomic E-state index is 0. The molecule has 0 saturated carbocycles. The van der Waals surface area contributed by atoms with Gasteiger partial charge in [-0.25, -0.2) is 9.78 Å². The van der Waals surface area contributed by atoms with Gasteiger partial charge in [0.15, 0.2) is 0 Å². The number of nitrogens with zero attached hydrogens (tertiary/aromatic N) is 3. The Kier molecular flexibility index (Phi) is 3.71. The first kappa shape index (κ1) is 13.4. The predicted molar refractivity (Wildman–Crippen MR) is 50.5 cm³/mol. The number of carbonyl (C=O) groups is 1. The van der Waals surface area contributed by atoms with Crippen LogP contribution in [0.3, 0.4) is 0 Å². The molecular formula is C8H5N3NaO5+.